The van der Waals surface area contributed by atoms with Crippen molar-refractivity contribution in [3.8, 4) is 5.88 Å². The molecule has 0 aromatic carbocycles. The van der Waals surface area contributed by atoms with Gasteiger partial charge in [0.25, 0.3) is 5.91 Å². The van der Waals surface area contributed by atoms with Crippen molar-refractivity contribution in [2.45, 2.75) is 20.8 Å². The van der Waals surface area contributed by atoms with Crippen LogP contribution in [0.4, 0.5) is 11.8 Å². The first-order valence-corrected chi connectivity index (χ1v) is 10.1. The molecule has 10 nitrogen and oxygen atoms in total. The molecular formula is C20H24N8O2. The van der Waals surface area contributed by atoms with Gasteiger partial charge in [-0.25, -0.2) is 15.0 Å². The molecule has 2 saturated heterocycles. The first-order valence-electron chi connectivity index (χ1n) is 10.1. The molecule has 10 heteroatoms. The van der Waals surface area contributed by atoms with Crippen molar-refractivity contribution in [3.63, 3.8) is 0 Å². The monoisotopic (exact) mass is 408 g/mol. The Kier molecular flexibility index (Phi) is 4.31. The summed E-state index contributed by atoms with van der Waals surface area (Å²) in [5.41, 5.74) is 3.02. The molecule has 1 spiro atoms. The first-order chi connectivity index (χ1) is 14.5. The fourth-order valence-electron chi connectivity index (χ4n) is 4.04. The number of carbonyl (C=O) groups is 1. The predicted octanol–water partition coefficient (Wildman–Crippen LogP) is 1.20. The van der Waals surface area contributed by atoms with Crippen molar-refractivity contribution < 1.29 is 9.53 Å². The average Bonchev–Trinajstić information content (AvgIpc) is 3.00. The molecule has 2 N–H and O–H groups in total. The molecule has 2 aliphatic rings. The number of hydrogen-bond donors (Lipinski definition) is 2. The fourth-order valence-corrected chi connectivity index (χ4v) is 4.04. The van der Waals surface area contributed by atoms with E-state index in [4.69, 9.17) is 4.74 Å². The van der Waals surface area contributed by atoms with Crippen molar-refractivity contribution >= 4 is 23.3 Å². The molecule has 0 bridgehead atoms. The van der Waals surface area contributed by atoms with Gasteiger partial charge < -0.3 is 24.7 Å². The molecule has 30 heavy (non-hydrogen) atoms. The van der Waals surface area contributed by atoms with Crippen molar-refractivity contribution in [3.05, 3.63) is 35.5 Å². The third-order valence-electron chi connectivity index (χ3n) is 5.57. The second kappa shape index (κ2) is 6.91. The standard InChI is InChI=1S/C20H24N8O2/c1-4-30-18-14(5-22-19(26-18)28-10-20(11-28)8-21-9-20)17(29)25-15-7-27-6-12(2)23-16(27)13(3)24-15/h5-7,21H,4,8-11H2,1-3H3,(H,25,29). The molecular weight excluding hydrogens is 384 g/mol. The van der Waals surface area contributed by atoms with E-state index in [0.717, 1.165) is 43.2 Å². The van der Waals surface area contributed by atoms with Crippen LogP contribution in [0.5, 0.6) is 5.88 Å². The number of nitrogens with zero attached hydrogens (tertiary/aromatic N) is 6. The van der Waals surface area contributed by atoms with E-state index in [2.05, 4.69) is 35.5 Å². The zero-order valence-electron chi connectivity index (χ0n) is 17.3. The van der Waals surface area contributed by atoms with Crippen molar-refractivity contribution in [2.75, 3.05) is 43.0 Å². The van der Waals surface area contributed by atoms with Gasteiger partial charge in [-0.2, -0.15) is 4.98 Å². The largest absolute Gasteiger partial charge is 0.477 e. The Morgan fingerprint density at radius 1 is 1.23 bits per heavy atom. The SMILES string of the molecule is CCOc1nc(N2CC3(CNC3)C2)ncc1C(=O)Nc1cn2cc(C)nc2c(C)n1. The maximum Gasteiger partial charge on any atom is 0.263 e. The van der Waals surface area contributed by atoms with E-state index >= 15 is 0 Å². The Morgan fingerprint density at radius 2 is 2.03 bits per heavy atom. The van der Waals surface area contributed by atoms with Crippen LogP contribution in [0.3, 0.4) is 0 Å². The van der Waals surface area contributed by atoms with Crippen LogP contribution in [0.15, 0.2) is 18.6 Å². The summed E-state index contributed by atoms with van der Waals surface area (Å²) in [6.07, 6.45) is 5.15. The second-order valence-corrected chi connectivity index (χ2v) is 8.06. The summed E-state index contributed by atoms with van der Waals surface area (Å²) in [5, 5.41) is 6.14. The molecule has 3 aromatic rings. The van der Waals surface area contributed by atoms with Crippen LogP contribution < -0.4 is 20.3 Å². The van der Waals surface area contributed by atoms with Crippen molar-refractivity contribution in [1.82, 2.24) is 29.7 Å². The molecule has 5 rings (SSSR count). The summed E-state index contributed by atoms with van der Waals surface area (Å²) in [4.78, 5) is 32.9. The van der Waals surface area contributed by atoms with E-state index < -0.39 is 0 Å². The van der Waals surface area contributed by atoms with Crippen LogP contribution in [-0.2, 0) is 0 Å². The van der Waals surface area contributed by atoms with E-state index in [-0.39, 0.29) is 17.4 Å². The van der Waals surface area contributed by atoms with Crippen molar-refractivity contribution in [1.29, 1.82) is 0 Å². The highest BCUT2D eigenvalue weighted by Gasteiger charge is 2.48. The zero-order valence-corrected chi connectivity index (χ0v) is 17.3. The number of fused-ring (bicyclic) bond motifs is 1. The highest BCUT2D eigenvalue weighted by atomic mass is 16.5. The van der Waals surface area contributed by atoms with Gasteiger partial charge >= 0.3 is 0 Å². The molecule has 2 aliphatic heterocycles. The number of ether oxygens (including phenoxy) is 1. The third kappa shape index (κ3) is 3.13. The maximum atomic E-state index is 12.9. The summed E-state index contributed by atoms with van der Waals surface area (Å²) in [5.74, 6) is 0.938. The molecule has 0 atom stereocenters. The Hall–Kier alpha value is -3.27. The van der Waals surface area contributed by atoms with E-state index in [0.29, 0.717) is 23.8 Å². The molecule has 0 aliphatic carbocycles. The minimum Gasteiger partial charge on any atom is -0.477 e. The number of nitrogens with one attached hydrogen (secondary N) is 2. The van der Waals surface area contributed by atoms with Gasteiger partial charge in [0, 0.05) is 44.0 Å². The van der Waals surface area contributed by atoms with E-state index in [1.807, 2.05) is 31.4 Å². The number of hydrogen-bond acceptors (Lipinski definition) is 8. The van der Waals surface area contributed by atoms with Crippen LogP contribution in [0.2, 0.25) is 0 Å². The number of rotatable bonds is 5. The topological polar surface area (TPSA) is 110 Å². The van der Waals surface area contributed by atoms with Crippen LogP contribution in [0, 0.1) is 19.3 Å². The summed E-state index contributed by atoms with van der Waals surface area (Å²) >= 11 is 0. The van der Waals surface area contributed by atoms with Crippen LogP contribution >= 0.6 is 0 Å². The number of imidazole rings is 1. The number of amides is 1. The second-order valence-electron chi connectivity index (χ2n) is 8.06. The molecule has 0 radical (unpaired) electrons. The number of aromatic nitrogens is 5. The quantitative estimate of drug-likeness (QED) is 0.648. The van der Waals surface area contributed by atoms with Gasteiger partial charge in [0.05, 0.1) is 24.2 Å². The molecule has 3 aromatic heterocycles. The molecule has 5 heterocycles. The highest BCUT2D eigenvalue weighted by Crippen LogP contribution is 2.36. The van der Waals surface area contributed by atoms with Crippen molar-refractivity contribution in [2.24, 2.45) is 5.41 Å². The van der Waals surface area contributed by atoms with Gasteiger partial charge in [-0.15, -0.1) is 0 Å². The number of carbonyl (C=O) groups excluding carboxylic acids is 1. The lowest BCUT2D eigenvalue weighted by atomic mass is 9.75. The Morgan fingerprint density at radius 3 is 2.73 bits per heavy atom. The minimum atomic E-state index is -0.364. The van der Waals surface area contributed by atoms with Gasteiger partial charge in [-0.3, -0.25) is 4.79 Å². The van der Waals surface area contributed by atoms with Crippen LogP contribution in [0.25, 0.3) is 5.65 Å². The maximum absolute atomic E-state index is 12.9. The number of anilines is 2. The van der Waals surface area contributed by atoms with Gasteiger partial charge in [0.2, 0.25) is 11.8 Å². The number of aryl methyl sites for hydroxylation is 2. The Balaban J connectivity index is 1.38. The normalized spacial score (nSPS) is 17.0. The van der Waals surface area contributed by atoms with E-state index in [1.165, 1.54) is 6.20 Å². The van der Waals surface area contributed by atoms with Gasteiger partial charge in [-0.1, -0.05) is 0 Å². The third-order valence-corrected chi connectivity index (χ3v) is 5.57. The summed E-state index contributed by atoms with van der Waals surface area (Å²) < 4.78 is 7.51. The van der Waals surface area contributed by atoms with Gasteiger partial charge in [0.1, 0.15) is 11.4 Å². The summed E-state index contributed by atoms with van der Waals surface area (Å²) in [7, 11) is 0. The smallest absolute Gasteiger partial charge is 0.263 e. The Bertz CT molecular complexity index is 1130. The summed E-state index contributed by atoms with van der Waals surface area (Å²) in [6, 6.07) is 0. The molecule has 156 valence electrons. The molecule has 2 fully saturated rings. The lowest BCUT2D eigenvalue weighted by Crippen LogP contribution is -2.71. The highest BCUT2D eigenvalue weighted by molar-refractivity contribution is 6.05. The Labute approximate surface area is 173 Å². The molecule has 1 amide bonds. The fraction of sp³-hybridized carbons (Fsp3) is 0.450. The van der Waals surface area contributed by atoms with Gasteiger partial charge in [-0.05, 0) is 20.8 Å². The zero-order chi connectivity index (χ0) is 20.9. The van der Waals surface area contributed by atoms with E-state index in [9.17, 15) is 4.79 Å². The van der Waals surface area contributed by atoms with E-state index in [1.54, 1.807) is 6.20 Å². The lowest BCUT2D eigenvalue weighted by molar-refractivity contribution is 0.102. The summed E-state index contributed by atoms with van der Waals surface area (Å²) in [6.45, 7) is 9.96. The molecule has 0 saturated carbocycles. The van der Waals surface area contributed by atoms with Gasteiger partial charge in [0.15, 0.2) is 5.65 Å². The van der Waals surface area contributed by atoms with Crippen LogP contribution in [0.1, 0.15) is 28.7 Å². The van der Waals surface area contributed by atoms with Crippen LogP contribution in [-0.4, -0.2) is 63.0 Å². The minimum absolute atomic E-state index is 0.280. The lowest BCUT2D eigenvalue weighted by Gasteiger charge is -2.55. The predicted molar refractivity (Wildman–Crippen MR) is 111 cm³/mol. The molecule has 0 unspecified atom stereocenters. The first kappa shape index (κ1) is 18.7. The average molecular weight is 408 g/mol.